The van der Waals surface area contributed by atoms with Crippen LogP contribution in [0.1, 0.15) is 11.6 Å². The molecule has 0 aliphatic carbocycles. The van der Waals surface area contributed by atoms with Crippen LogP contribution in [0.3, 0.4) is 0 Å². The van der Waals surface area contributed by atoms with Crippen LogP contribution in [0, 0.1) is 0 Å². The van der Waals surface area contributed by atoms with Crippen LogP contribution in [0.2, 0.25) is 15.3 Å². The molecule has 0 spiro atoms. The van der Waals surface area contributed by atoms with Gasteiger partial charge in [-0.2, -0.15) is 0 Å². The van der Waals surface area contributed by atoms with Gasteiger partial charge in [-0.1, -0.05) is 34.8 Å². The first-order chi connectivity index (χ1) is 7.16. The molecule has 0 bridgehead atoms. The zero-order valence-corrected chi connectivity index (χ0v) is 9.61. The van der Waals surface area contributed by atoms with Crippen molar-refractivity contribution in [2.24, 2.45) is 0 Å². The molecule has 2 aromatic heterocycles. The van der Waals surface area contributed by atoms with Crippen molar-refractivity contribution in [1.82, 2.24) is 19.9 Å². The molecule has 2 rings (SSSR count). The lowest BCUT2D eigenvalue weighted by atomic mass is 10.4. The van der Waals surface area contributed by atoms with Gasteiger partial charge in [0.1, 0.15) is 16.7 Å². The van der Waals surface area contributed by atoms with Crippen LogP contribution in [-0.4, -0.2) is 19.9 Å². The van der Waals surface area contributed by atoms with E-state index in [4.69, 9.17) is 34.8 Å². The first-order valence-electron chi connectivity index (χ1n) is 4.02. The highest BCUT2D eigenvalue weighted by Crippen LogP contribution is 2.26. The van der Waals surface area contributed by atoms with E-state index in [1.165, 1.54) is 0 Å². The maximum Gasteiger partial charge on any atom is 0.152 e. The second-order valence-electron chi connectivity index (χ2n) is 2.75. The van der Waals surface area contributed by atoms with E-state index in [0.717, 1.165) is 5.82 Å². The van der Waals surface area contributed by atoms with Gasteiger partial charge < -0.3 is 4.98 Å². The lowest BCUT2D eigenvalue weighted by Crippen LogP contribution is -1.99. The van der Waals surface area contributed by atoms with E-state index >= 15 is 0 Å². The third kappa shape index (κ3) is 2.40. The topological polar surface area (TPSA) is 54.5 Å². The molecule has 2 aromatic rings. The van der Waals surface area contributed by atoms with E-state index in [1.807, 2.05) is 0 Å². The second-order valence-corrected chi connectivity index (χ2v) is 3.84. The Morgan fingerprint density at radius 2 is 1.80 bits per heavy atom. The van der Waals surface area contributed by atoms with Crippen LogP contribution in [0.5, 0.6) is 0 Å². The molecule has 0 amide bonds. The number of hydrogen-bond acceptors (Lipinski definition) is 3. The Bertz CT molecular complexity index is 446. The van der Waals surface area contributed by atoms with Gasteiger partial charge in [-0.05, 0) is 0 Å². The Morgan fingerprint density at radius 3 is 2.33 bits per heavy atom. The first-order valence-corrected chi connectivity index (χ1v) is 5.16. The van der Waals surface area contributed by atoms with E-state index in [0.29, 0.717) is 12.2 Å². The summed E-state index contributed by atoms with van der Waals surface area (Å²) in [6, 6.07) is 0. The fourth-order valence-electron chi connectivity index (χ4n) is 1.06. The Morgan fingerprint density at radius 1 is 1.13 bits per heavy atom. The number of H-pyrrole nitrogens is 1. The summed E-state index contributed by atoms with van der Waals surface area (Å²) in [5.74, 6) is 1.22. The number of aromatic amines is 1. The number of nitrogens with zero attached hydrogens (tertiary/aromatic N) is 3. The van der Waals surface area contributed by atoms with Gasteiger partial charge in [0.15, 0.2) is 10.3 Å². The van der Waals surface area contributed by atoms with Crippen molar-refractivity contribution in [3.05, 3.63) is 39.4 Å². The Labute approximate surface area is 101 Å². The van der Waals surface area contributed by atoms with Crippen molar-refractivity contribution in [2.75, 3.05) is 0 Å². The zero-order chi connectivity index (χ0) is 10.8. The minimum atomic E-state index is 0.151. The average molecular weight is 264 g/mol. The fourth-order valence-corrected chi connectivity index (χ4v) is 1.57. The molecule has 0 saturated heterocycles. The summed E-state index contributed by atoms with van der Waals surface area (Å²) in [4.78, 5) is 14.9. The predicted molar refractivity (Wildman–Crippen MR) is 58.5 cm³/mol. The third-order valence-corrected chi connectivity index (χ3v) is 2.80. The van der Waals surface area contributed by atoms with Crippen LogP contribution in [-0.2, 0) is 6.42 Å². The van der Waals surface area contributed by atoms with Gasteiger partial charge >= 0.3 is 0 Å². The predicted octanol–water partition coefficient (Wildman–Crippen LogP) is 2.75. The smallest absolute Gasteiger partial charge is 0.152 e. The van der Waals surface area contributed by atoms with Gasteiger partial charge in [0.05, 0.1) is 6.42 Å². The van der Waals surface area contributed by atoms with Crippen molar-refractivity contribution >= 4 is 34.8 Å². The summed E-state index contributed by atoms with van der Waals surface area (Å²) >= 11 is 17.2. The lowest BCUT2D eigenvalue weighted by molar-refractivity contribution is 0.913. The van der Waals surface area contributed by atoms with Crippen molar-refractivity contribution in [2.45, 2.75) is 6.42 Å². The van der Waals surface area contributed by atoms with Crippen molar-refractivity contribution in [3.63, 3.8) is 0 Å². The van der Waals surface area contributed by atoms with Crippen LogP contribution in [0.25, 0.3) is 0 Å². The van der Waals surface area contributed by atoms with Gasteiger partial charge in [-0.3, -0.25) is 0 Å². The molecule has 0 aromatic carbocycles. The van der Waals surface area contributed by atoms with E-state index in [-0.39, 0.29) is 15.3 Å². The van der Waals surface area contributed by atoms with Crippen LogP contribution in [0.15, 0.2) is 12.4 Å². The maximum atomic E-state index is 5.76. The van der Waals surface area contributed by atoms with Gasteiger partial charge in [0.2, 0.25) is 0 Å². The summed E-state index contributed by atoms with van der Waals surface area (Å²) in [6.07, 6.45) is 3.80. The Balaban J connectivity index is 2.30. The summed E-state index contributed by atoms with van der Waals surface area (Å²) in [5, 5.41) is 0.470. The molecule has 1 N–H and O–H groups in total. The number of aromatic nitrogens is 4. The van der Waals surface area contributed by atoms with Gasteiger partial charge in [-0.15, -0.1) is 0 Å². The van der Waals surface area contributed by atoms with Gasteiger partial charge in [0.25, 0.3) is 0 Å². The molecule has 0 aliphatic rings. The van der Waals surface area contributed by atoms with E-state index < -0.39 is 0 Å². The van der Waals surface area contributed by atoms with E-state index in [2.05, 4.69) is 19.9 Å². The fraction of sp³-hybridized carbons (Fsp3) is 0.125. The van der Waals surface area contributed by atoms with Crippen LogP contribution >= 0.6 is 34.8 Å². The quantitative estimate of drug-likeness (QED) is 0.848. The van der Waals surface area contributed by atoms with E-state index in [1.54, 1.807) is 12.4 Å². The minimum absolute atomic E-state index is 0.151. The Kier molecular flexibility index (Phi) is 3.09. The van der Waals surface area contributed by atoms with Crippen molar-refractivity contribution in [1.29, 1.82) is 0 Å². The summed E-state index contributed by atoms with van der Waals surface area (Å²) in [7, 11) is 0. The number of nitrogens with one attached hydrogen (secondary N) is 1. The Hall–Kier alpha value is -0.840. The highest BCUT2D eigenvalue weighted by Gasteiger charge is 2.10. The number of rotatable bonds is 2. The molecule has 0 aliphatic heterocycles. The zero-order valence-electron chi connectivity index (χ0n) is 7.34. The number of imidazole rings is 1. The third-order valence-electron chi connectivity index (χ3n) is 1.70. The molecule has 15 heavy (non-hydrogen) atoms. The molecule has 0 radical (unpaired) electrons. The molecule has 4 nitrogen and oxygen atoms in total. The normalized spacial score (nSPS) is 10.6. The molecule has 0 saturated carbocycles. The minimum Gasteiger partial charge on any atom is -0.348 e. The molecule has 7 heteroatoms. The molecule has 0 atom stereocenters. The summed E-state index contributed by atoms with van der Waals surface area (Å²) in [5.41, 5.74) is 0. The standard InChI is InChI=1S/C8H5Cl3N4/c9-6-7(10)14-5(15-8(6)11)3-4-12-1-2-13-4/h1-2H,3H2,(H,12,13). The molecule has 2 heterocycles. The SMILES string of the molecule is Clc1nc(Cc2ncc[nH]2)nc(Cl)c1Cl. The first kappa shape index (κ1) is 10.7. The molecule has 78 valence electrons. The van der Waals surface area contributed by atoms with Gasteiger partial charge in [0, 0.05) is 12.4 Å². The molecule has 0 unspecified atom stereocenters. The van der Waals surface area contributed by atoms with Crippen molar-refractivity contribution < 1.29 is 0 Å². The van der Waals surface area contributed by atoms with Crippen LogP contribution in [0.4, 0.5) is 0 Å². The lowest BCUT2D eigenvalue weighted by Gasteiger charge is -2.01. The second kappa shape index (κ2) is 4.35. The summed E-state index contributed by atoms with van der Waals surface area (Å²) in [6.45, 7) is 0. The molecular formula is C8H5Cl3N4. The van der Waals surface area contributed by atoms with E-state index in [9.17, 15) is 0 Å². The number of halogens is 3. The van der Waals surface area contributed by atoms with Gasteiger partial charge in [-0.25, -0.2) is 15.0 Å². The van der Waals surface area contributed by atoms with Crippen molar-refractivity contribution in [3.8, 4) is 0 Å². The largest absolute Gasteiger partial charge is 0.348 e. The molecular weight excluding hydrogens is 258 g/mol. The highest BCUT2D eigenvalue weighted by molar-refractivity contribution is 6.46. The monoisotopic (exact) mass is 262 g/mol. The molecule has 0 fully saturated rings. The maximum absolute atomic E-state index is 5.76. The summed E-state index contributed by atoms with van der Waals surface area (Å²) < 4.78 is 0. The highest BCUT2D eigenvalue weighted by atomic mass is 35.5. The average Bonchev–Trinajstić information content (AvgIpc) is 2.66. The van der Waals surface area contributed by atoms with Crippen LogP contribution < -0.4 is 0 Å². The number of hydrogen-bond donors (Lipinski definition) is 1.